The summed E-state index contributed by atoms with van der Waals surface area (Å²) >= 11 is 1.32. The fraction of sp³-hybridized carbons (Fsp3) is 0.111. The average molecular weight is 338 g/mol. The van der Waals surface area contributed by atoms with Crippen LogP contribution in [0.5, 0.6) is 11.5 Å². The van der Waals surface area contributed by atoms with Crippen LogP contribution in [0, 0.1) is 6.92 Å². The fourth-order valence-corrected chi connectivity index (χ4v) is 3.31. The van der Waals surface area contributed by atoms with Gasteiger partial charge in [0.2, 0.25) is 6.79 Å². The second-order valence-electron chi connectivity index (χ2n) is 5.35. The van der Waals surface area contributed by atoms with Crippen LogP contribution in [0.4, 0.5) is 5.69 Å². The molecule has 0 aromatic heterocycles. The highest BCUT2D eigenvalue weighted by molar-refractivity contribution is 8.18. The van der Waals surface area contributed by atoms with Crippen LogP contribution in [0.3, 0.4) is 0 Å². The van der Waals surface area contributed by atoms with Crippen LogP contribution in [0.1, 0.15) is 11.1 Å². The Hall–Kier alpha value is -2.73. The molecule has 24 heavy (non-hydrogen) atoms. The van der Waals surface area contributed by atoms with Gasteiger partial charge in [-0.25, -0.2) is 4.99 Å². The lowest BCUT2D eigenvalue weighted by molar-refractivity contribution is -0.115. The highest BCUT2D eigenvalue weighted by atomic mass is 32.2. The molecule has 0 spiro atoms. The van der Waals surface area contributed by atoms with Crippen molar-refractivity contribution in [1.29, 1.82) is 0 Å². The first-order valence-electron chi connectivity index (χ1n) is 7.44. The van der Waals surface area contributed by atoms with E-state index in [9.17, 15) is 4.79 Å². The van der Waals surface area contributed by atoms with Gasteiger partial charge < -0.3 is 14.8 Å². The van der Waals surface area contributed by atoms with E-state index >= 15 is 0 Å². The molecule has 2 heterocycles. The molecule has 0 aliphatic carbocycles. The van der Waals surface area contributed by atoms with E-state index in [4.69, 9.17) is 9.47 Å². The molecule has 2 aromatic carbocycles. The second-order valence-corrected chi connectivity index (χ2v) is 6.38. The van der Waals surface area contributed by atoms with Gasteiger partial charge in [0.1, 0.15) is 0 Å². The molecule has 1 N–H and O–H groups in total. The molecule has 4 rings (SSSR count). The minimum Gasteiger partial charge on any atom is -0.454 e. The zero-order chi connectivity index (χ0) is 16.5. The third-order valence-corrected chi connectivity index (χ3v) is 4.61. The fourth-order valence-electron chi connectivity index (χ4n) is 2.49. The van der Waals surface area contributed by atoms with Gasteiger partial charge >= 0.3 is 0 Å². The number of thioether (sulfide) groups is 1. The van der Waals surface area contributed by atoms with Gasteiger partial charge in [-0.05, 0) is 42.5 Å². The Balaban J connectivity index is 1.63. The van der Waals surface area contributed by atoms with Crippen molar-refractivity contribution in [2.24, 2.45) is 4.99 Å². The van der Waals surface area contributed by atoms with Crippen molar-refractivity contribution < 1.29 is 14.3 Å². The number of nitrogens with one attached hydrogen (secondary N) is 1. The number of ether oxygens (including phenoxy) is 2. The van der Waals surface area contributed by atoms with Crippen molar-refractivity contribution in [3.05, 3.63) is 58.5 Å². The van der Waals surface area contributed by atoms with Gasteiger partial charge in [0.15, 0.2) is 16.7 Å². The zero-order valence-corrected chi connectivity index (χ0v) is 13.7. The van der Waals surface area contributed by atoms with E-state index in [-0.39, 0.29) is 12.7 Å². The third-order valence-electron chi connectivity index (χ3n) is 3.70. The van der Waals surface area contributed by atoms with Crippen LogP contribution in [0.15, 0.2) is 52.4 Å². The smallest absolute Gasteiger partial charge is 0.264 e. The van der Waals surface area contributed by atoms with E-state index in [0.29, 0.717) is 21.6 Å². The number of amidine groups is 1. The Morgan fingerprint density at radius 3 is 2.92 bits per heavy atom. The van der Waals surface area contributed by atoms with Gasteiger partial charge in [-0.3, -0.25) is 4.79 Å². The van der Waals surface area contributed by atoms with E-state index in [0.717, 1.165) is 16.8 Å². The molecule has 120 valence electrons. The van der Waals surface area contributed by atoms with Crippen LogP contribution >= 0.6 is 11.8 Å². The van der Waals surface area contributed by atoms with Crippen LogP contribution in [-0.4, -0.2) is 17.9 Å². The predicted octanol–water partition coefficient (Wildman–Crippen LogP) is 3.62. The van der Waals surface area contributed by atoms with Gasteiger partial charge in [-0.15, -0.1) is 0 Å². The number of carbonyl (C=O) groups is 1. The van der Waals surface area contributed by atoms with E-state index in [2.05, 4.69) is 10.3 Å². The molecular weight excluding hydrogens is 324 g/mol. The third kappa shape index (κ3) is 2.76. The quantitative estimate of drug-likeness (QED) is 0.850. The first-order chi connectivity index (χ1) is 11.7. The molecule has 0 bridgehead atoms. The summed E-state index contributed by atoms with van der Waals surface area (Å²) in [5.74, 6) is 1.20. The van der Waals surface area contributed by atoms with E-state index in [1.807, 2.05) is 49.4 Å². The van der Waals surface area contributed by atoms with Crippen LogP contribution in [-0.2, 0) is 4.79 Å². The summed E-state index contributed by atoms with van der Waals surface area (Å²) in [6.45, 7) is 2.19. The summed E-state index contributed by atoms with van der Waals surface area (Å²) in [4.78, 5) is 17.3. The Bertz CT molecular complexity index is 890. The number of rotatable bonds is 2. The number of benzene rings is 2. The van der Waals surface area contributed by atoms with Crippen molar-refractivity contribution in [3.8, 4) is 11.5 Å². The summed E-state index contributed by atoms with van der Waals surface area (Å²) in [6.07, 6.45) is 1.80. The Morgan fingerprint density at radius 1 is 1.17 bits per heavy atom. The molecule has 1 amide bonds. The van der Waals surface area contributed by atoms with Crippen LogP contribution in [0.25, 0.3) is 6.08 Å². The topological polar surface area (TPSA) is 59.9 Å². The number of fused-ring (bicyclic) bond motifs is 1. The van der Waals surface area contributed by atoms with E-state index in [1.54, 1.807) is 6.08 Å². The standard InChI is InChI=1S/C18H14N2O3S/c1-11-5-2-3-7-13(11)19-18-20-17(21)15(24-18)9-12-6-4-8-14-16(12)23-10-22-14/h2-9H,10H2,1H3,(H,19,20,21). The number of hydrogen-bond acceptors (Lipinski definition) is 5. The number of aryl methyl sites for hydroxylation is 1. The lowest BCUT2D eigenvalue weighted by Gasteiger charge is -2.01. The molecule has 0 saturated carbocycles. The summed E-state index contributed by atoms with van der Waals surface area (Å²) in [6, 6.07) is 13.4. The van der Waals surface area contributed by atoms with E-state index < -0.39 is 0 Å². The molecule has 1 saturated heterocycles. The molecule has 6 heteroatoms. The average Bonchev–Trinajstić information content (AvgIpc) is 3.17. The summed E-state index contributed by atoms with van der Waals surface area (Å²) in [7, 11) is 0. The largest absolute Gasteiger partial charge is 0.454 e. The van der Waals surface area contributed by atoms with Crippen molar-refractivity contribution >= 4 is 34.6 Å². The number of hydrogen-bond donors (Lipinski definition) is 1. The molecular formula is C18H14N2O3S. The van der Waals surface area contributed by atoms with E-state index in [1.165, 1.54) is 11.8 Å². The van der Waals surface area contributed by atoms with Crippen LogP contribution < -0.4 is 14.8 Å². The molecule has 2 aromatic rings. The molecule has 2 aliphatic heterocycles. The minimum atomic E-state index is -0.163. The number of para-hydroxylation sites is 2. The lowest BCUT2D eigenvalue weighted by atomic mass is 10.1. The van der Waals surface area contributed by atoms with Gasteiger partial charge in [0, 0.05) is 5.56 Å². The summed E-state index contributed by atoms with van der Waals surface area (Å²) in [5, 5.41) is 3.38. The maximum absolute atomic E-state index is 12.2. The maximum atomic E-state index is 12.2. The normalized spacial score (nSPS) is 19.1. The van der Waals surface area contributed by atoms with Gasteiger partial charge in [0.25, 0.3) is 5.91 Å². The minimum absolute atomic E-state index is 0.163. The highest BCUT2D eigenvalue weighted by Gasteiger charge is 2.25. The molecule has 2 aliphatic rings. The number of aliphatic imine (C=N–C) groups is 1. The van der Waals surface area contributed by atoms with Crippen LogP contribution in [0.2, 0.25) is 0 Å². The number of carbonyl (C=O) groups excluding carboxylic acids is 1. The van der Waals surface area contributed by atoms with Gasteiger partial charge in [-0.1, -0.05) is 30.3 Å². The monoisotopic (exact) mass is 338 g/mol. The van der Waals surface area contributed by atoms with Crippen molar-refractivity contribution in [2.75, 3.05) is 6.79 Å². The Labute approximate surface area is 143 Å². The molecule has 5 nitrogen and oxygen atoms in total. The van der Waals surface area contributed by atoms with Crippen molar-refractivity contribution in [2.45, 2.75) is 6.92 Å². The lowest BCUT2D eigenvalue weighted by Crippen LogP contribution is -2.19. The molecule has 0 radical (unpaired) electrons. The van der Waals surface area contributed by atoms with Gasteiger partial charge in [0.05, 0.1) is 10.6 Å². The summed E-state index contributed by atoms with van der Waals surface area (Å²) < 4.78 is 10.8. The number of nitrogens with zero attached hydrogens (tertiary/aromatic N) is 1. The molecule has 1 fully saturated rings. The Morgan fingerprint density at radius 2 is 2.04 bits per heavy atom. The maximum Gasteiger partial charge on any atom is 0.264 e. The van der Waals surface area contributed by atoms with Crippen molar-refractivity contribution in [1.82, 2.24) is 5.32 Å². The second kappa shape index (κ2) is 6.05. The van der Waals surface area contributed by atoms with Gasteiger partial charge in [-0.2, -0.15) is 0 Å². The zero-order valence-electron chi connectivity index (χ0n) is 12.9. The Kier molecular flexibility index (Phi) is 3.74. The predicted molar refractivity (Wildman–Crippen MR) is 94.5 cm³/mol. The first kappa shape index (κ1) is 14.8. The molecule has 0 unspecified atom stereocenters. The first-order valence-corrected chi connectivity index (χ1v) is 8.26. The van der Waals surface area contributed by atoms with Crippen molar-refractivity contribution in [3.63, 3.8) is 0 Å². The molecule has 0 atom stereocenters. The SMILES string of the molecule is Cc1ccccc1N=C1NC(=O)C(=Cc2cccc3c2OCO3)S1. The summed E-state index contributed by atoms with van der Waals surface area (Å²) in [5.41, 5.74) is 2.72. The highest BCUT2D eigenvalue weighted by Crippen LogP contribution is 2.38. The number of amides is 1.